The summed E-state index contributed by atoms with van der Waals surface area (Å²) in [7, 11) is 0. The van der Waals surface area contributed by atoms with Crippen LogP contribution in [0.5, 0.6) is 0 Å². The zero-order chi connectivity index (χ0) is 14.8. The summed E-state index contributed by atoms with van der Waals surface area (Å²) in [4.78, 5) is 12.9. The molecule has 1 N–H and O–H groups in total. The van der Waals surface area contributed by atoms with Crippen molar-refractivity contribution in [1.82, 2.24) is 20.3 Å². The lowest BCUT2D eigenvalue weighted by Crippen LogP contribution is -2.42. The Morgan fingerprint density at radius 2 is 2.19 bits per heavy atom. The smallest absolute Gasteiger partial charge is 0.179 e. The van der Waals surface area contributed by atoms with E-state index in [1.807, 2.05) is 36.0 Å². The van der Waals surface area contributed by atoms with Crippen molar-refractivity contribution in [2.45, 2.75) is 6.92 Å². The SMILES string of the molecule is Cc1c(N2CCNCC2=C=O)nnn1-c1ccccc1Cl. The van der Waals surface area contributed by atoms with E-state index in [4.69, 9.17) is 11.6 Å². The van der Waals surface area contributed by atoms with Gasteiger partial charge >= 0.3 is 0 Å². The topological polar surface area (TPSA) is 63.1 Å². The first kappa shape index (κ1) is 13.8. The highest BCUT2D eigenvalue weighted by atomic mass is 35.5. The second kappa shape index (κ2) is 5.69. The molecule has 108 valence electrons. The van der Waals surface area contributed by atoms with Gasteiger partial charge in [0.1, 0.15) is 11.6 Å². The Morgan fingerprint density at radius 1 is 1.38 bits per heavy atom. The number of halogens is 1. The van der Waals surface area contributed by atoms with E-state index in [9.17, 15) is 4.79 Å². The first-order valence-electron chi connectivity index (χ1n) is 6.62. The standard InChI is InChI=1S/C14H14ClN5O/c1-10-14(19-7-6-16-8-11(19)9-21)17-18-20(10)13-5-3-2-4-12(13)15/h2-5,16H,6-8H2,1H3. The van der Waals surface area contributed by atoms with Crippen molar-refractivity contribution in [3.05, 3.63) is 40.7 Å². The first-order chi connectivity index (χ1) is 10.2. The minimum Gasteiger partial charge on any atom is -0.315 e. The van der Waals surface area contributed by atoms with Gasteiger partial charge in [-0.15, -0.1) is 5.10 Å². The molecule has 2 aromatic rings. The van der Waals surface area contributed by atoms with Gasteiger partial charge in [-0.3, -0.25) is 0 Å². The van der Waals surface area contributed by atoms with Crippen molar-refractivity contribution in [2.75, 3.05) is 24.5 Å². The summed E-state index contributed by atoms with van der Waals surface area (Å²) in [6.07, 6.45) is 0. The van der Waals surface area contributed by atoms with E-state index in [0.29, 0.717) is 29.6 Å². The third-order valence-electron chi connectivity index (χ3n) is 3.45. The lowest BCUT2D eigenvalue weighted by molar-refractivity contribution is 0.559. The number of carbonyl (C=O) groups excluding carboxylic acids is 1. The van der Waals surface area contributed by atoms with Crippen LogP contribution in [0.2, 0.25) is 5.02 Å². The highest BCUT2D eigenvalue weighted by molar-refractivity contribution is 6.32. The summed E-state index contributed by atoms with van der Waals surface area (Å²) >= 11 is 6.20. The van der Waals surface area contributed by atoms with E-state index >= 15 is 0 Å². The molecule has 0 unspecified atom stereocenters. The maximum atomic E-state index is 11.1. The van der Waals surface area contributed by atoms with Crippen molar-refractivity contribution in [2.24, 2.45) is 0 Å². The largest absolute Gasteiger partial charge is 0.315 e. The second-order valence-electron chi connectivity index (χ2n) is 4.74. The number of hydrogen-bond donors (Lipinski definition) is 1. The van der Waals surface area contributed by atoms with Gasteiger partial charge in [0.15, 0.2) is 5.82 Å². The maximum absolute atomic E-state index is 11.1. The van der Waals surface area contributed by atoms with Crippen LogP contribution < -0.4 is 10.2 Å². The van der Waals surface area contributed by atoms with Gasteiger partial charge in [-0.2, -0.15) is 0 Å². The lowest BCUT2D eigenvalue weighted by atomic mass is 10.2. The monoisotopic (exact) mass is 303 g/mol. The zero-order valence-electron chi connectivity index (χ0n) is 11.5. The average molecular weight is 304 g/mol. The third kappa shape index (κ3) is 2.45. The Morgan fingerprint density at radius 3 is 2.95 bits per heavy atom. The summed E-state index contributed by atoms with van der Waals surface area (Å²) in [6.45, 7) is 3.83. The minimum atomic E-state index is 0.488. The molecule has 0 spiro atoms. The van der Waals surface area contributed by atoms with E-state index in [1.54, 1.807) is 10.7 Å². The lowest BCUT2D eigenvalue weighted by Gasteiger charge is -2.28. The molecule has 6 nitrogen and oxygen atoms in total. The summed E-state index contributed by atoms with van der Waals surface area (Å²) in [6, 6.07) is 7.44. The molecule has 1 saturated heterocycles. The number of anilines is 1. The fourth-order valence-corrected chi connectivity index (χ4v) is 2.59. The van der Waals surface area contributed by atoms with Crippen LogP contribution in [-0.2, 0) is 4.79 Å². The predicted octanol–water partition coefficient (Wildman–Crippen LogP) is 1.35. The van der Waals surface area contributed by atoms with Crippen molar-refractivity contribution in [3.8, 4) is 5.69 Å². The Hall–Kier alpha value is -2.14. The molecule has 0 atom stereocenters. The van der Waals surface area contributed by atoms with Crippen LogP contribution >= 0.6 is 11.6 Å². The molecule has 7 heteroatoms. The normalized spacial score (nSPS) is 15.1. The predicted molar refractivity (Wildman–Crippen MR) is 80.5 cm³/mol. The molecule has 0 bridgehead atoms. The van der Waals surface area contributed by atoms with Crippen molar-refractivity contribution < 1.29 is 4.79 Å². The average Bonchev–Trinajstić information content (AvgIpc) is 2.89. The molecule has 21 heavy (non-hydrogen) atoms. The number of nitrogens with zero attached hydrogens (tertiary/aromatic N) is 4. The molecular weight excluding hydrogens is 290 g/mol. The minimum absolute atomic E-state index is 0.488. The molecule has 0 amide bonds. The van der Waals surface area contributed by atoms with Crippen LogP contribution in [0.25, 0.3) is 5.69 Å². The van der Waals surface area contributed by atoms with Gasteiger partial charge in [0.25, 0.3) is 0 Å². The zero-order valence-corrected chi connectivity index (χ0v) is 12.3. The van der Waals surface area contributed by atoms with Gasteiger partial charge in [-0.05, 0) is 19.1 Å². The number of benzene rings is 1. The Balaban J connectivity index is 2.04. The molecule has 1 aliphatic rings. The summed E-state index contributed by atoms with van der Waals surface area (Å²) < 4.78 is 1.68. The quantitative estimate of drug-likeness (QED) is 0.849. The highest BCUT2D eigenvalue weighted by Crippen LogP contribution is 2.26. The first-order valence-corrected chi connectivity index (χ1v) is 6.99. The van der Waals surface area contributed by atoms with Crippen molar-refractivity contribution in [3.63, 3.8) is 0 Å². The van der Waals surface area contributed by atoms with Crippen LogP contribution in [0, 0.1) is 6.92 Å². The Labute approximate surface area is 127 Å². The molecular formula is C14H14ClN5O. The number of para-hydroxylation sites is 1. The molecule has 1 aromatic carbocycles. The summed E-state index contributed by atoms with van der Waals surface area (Å²) in [5.74, 6) is 2.63. The molecule has 1 fully saturated rings. The van der Waals surface area contributed by atoms with E-state index in [0.717, 1.165) is 17.9 Å². The molecule has 0 saturated carbocycles. The van der Waals surface area contributed by atoms with Crippen LogP contribution in [0.1, 0.15) is 5.69 Å². The number of rotatable bonds is 2. The molecule has 3 rings (SSSR count). The Bertz CT molecular complexity index is 720. The number of piperazine rings is 1. The van der Waals surface area contributed by atoms with Gasteiger partial charge in [0, 0.05) is 19.6 Å². The van der Waals surface area contributed by atoms with E-state index in [1.165, 1.54) is 0 Å². The van der Waals surface area contributed by atoms with Gasteiger partial charge in [0.05, 0.1) is 16.4 Å². The van der Waals surface area contributed by atoms with Gasteiger partial charge in [-0.1, -0.05) is 28.9 Å². The highest BCUT2D eigenvalue weighted by Gasteiger charge is 2.23. The molecule has 0 aliphatic carbocycles. The van der Waals surface area contributed by atoms with Crippen molar-refractivity contribution in [1.29, 1.82) is 0 Å². The van der Waals surface area contributed by atoms with E-state index in [-0.39, 0.29) is 0 Å². The van der Waals surface area contributed by atoms with Gasteiger partial charge < -0.3 is 10.2 Å². The molecule has 0 radical (unpaired) electrons. The van der Waals surface area contributed by atoms with Crippen molar-refractivity contribution >= 4 is 23.4 Å². The maximum Gasteiger partial charge on any atom is 0.179 e. The van der Waals surface area contributed by atoms with Gasteiger partial charge in [0.2, 0.25) is 0 Å². The summed E-state index contributed by atoms with van der Waals surface area (Å²) in [5, 5.41) is 12.1. The number of hydrogen-bond acceptors (Lipinski definition) is 5. The molecule has 2 heterocycles. The fourth-order valence-electron chi connectivity index (χ4n) is 2.38. The third-order valence-corrected chi connectivity index (χ3v) is 3.77. The van der Waals surface area contributed by atoms with E-state index < -0.39 is 0 Å². The Kier molecular flexibility index (Phi) is 3.75. The van der Waals surface area contributed by atoms with Crippen LogP contribution in [-0.4, -0.2) is 40.6 Å². The second-order valence-corrected chi connectivity index (χ2v) is 5.15. The molecule has 1 aromatic heterocycles. The van der Waals surface area contributed by atoms with Crippen LogP contribution in [0.4, 0.5) is 5.82 Å². The summed E-state index contributed by atoms with van der Waals surface area (Å²) in [5.41, 5.74) is 2.13. The molecule has 1 aliphatic heterocycles. The number of nitrogens with one attached hydrogen (secondary N) is 1. The van der Waals surface area contributed by atoms with Crippen LogP contribution in [0.3, 0.4) is 0 Å². The fraction of sp³-hybridized carbons (Fsp3) is 0.286. The van der Waals surface area contributed by atoms with Gasteiger partial charge in [-0.25, -0.2) is 9.48 Å². The number of aromatic nitrogens is 3. The van der Waals surface area contributed by atoms with E-state index in [2.05, 4.69) is 15.6 Å². The van der Waals surface area contributed by atoms with Crippen LogP contribution in [0.15, 0.2) is 30.0 Å².